The average Bonchev–Trinajstić information content (AvgIpc) is 2.93. The van der Waals surface area contributed by atoms with Crippen LogP contribution in [0.5, 0.6) is 11.5 Å². The third kappa shape index (κ3) is 3.26. The number of aromatic nitrogens is 4. The van der Waals surface area contributed by atoms with Crippen molar-refractivity contribution in [2.75, 3.05) is 0 Å². The summed E-state index contributed by atoms with van der Waals surface area (Å²) in [5, 5.41) is 17.2. The van der Waals surface area contributed by atoms with Gasteiger partial charge in [0.2, 0.25) is 0 Å². The van der Waals surface area contributed by atoms with Crippen molar-refractivity contribution in [3.05, 3.63) is 63.6 Å². The van der Waals surface area contributed by atoms with Gasteiger partial charge >= 0.3 is 5.69 Å². The summed E-state index contributed by atoms with van der Waals surface area (Å²) in [6, 6.07) is 10.7. The molecule has 1 aromatic heterocycles. The molecule has 130 valence electrons. The number of rotatable bonds is 5. The SMILES string of the molecule is CCc1cccc(-n2nnn(C)c2=O)c1COc1ccc(O)cc1C. The summed E-state index contributed by atoms with van der Waals surface area (Å²) in [5.41, 5.74) is 3.16. The number of hydrogen-bond acceptors (Lipinski definition) is 5. The molecular weight excluding hydrogens is 320 g/mol. The van der Waals surface area contributed by atoms with Crippen LogP contribution in [0, 0.1) is 6.92 Å². The Morgan fingerprint density at radius 3 is 2.64 bits per heavy atom. The highest BCUT2D eigenvalue weighted by molar-refractivity contribution is 5.46. The molecule has 3 aromatic rings. The summed E-state index contributed by atoms with van der Waals surface area (Å²) in [6.07, 6.45) is 0.802. The molecule has 0 fully saturated rings. The second-order valence-electron chi connectivity index (χ2n) is 5.80. The first-order chi connectivity index (χ1) is 12.0. The van der Waals surface area contributed by atoms with Crippen molar-refractivity contribution in [3.63, 3.8) is 0 Å². The highest BCUT2D eigenvalue weighted by Crippen LogP contribution is 2.25. The molecule has 0 radical (unpaired) electrons. The van der Waals surface area contributed by atoms with Gasteiger partial charge < -0.3 is 9.84 Å². The molecule has 0 spiro atoms. The first-order valence-electron chi connectivity index (χ1n) is 8.03. The van der Waals surface area contributed by atoms with E-state index in [1.807, 2.05) is 32.0 Å². The van der Waals surface area contributed by atoms with Crippen molar-refractivity contribution in [2.24, 2.45) is 7.05 Å². The summed E-state index contributed by atoms with van der Waals surface area (Å²) in [6.45, 7) is 4.21. The Morgan fingerprint density at radius 1 is 1.20 bits per heavy atom. The molecule has 0 saturated carbocycles. The van der Waals surface area contributed by atoms with E-state index in [1.165, 1.54) is 9.36 Å². The van der Waals surface area contributed by atoms with E-state index in [0.29, 0.717) is 11.4 Å². The van der Waals surface area contributed by atoms with E-state index in [9.17, 15) is 9.90 Å². The molecule has 0 amide bonds. The van der Waals surface area contributed by atoms with Crippen LogP contribution in [0.15, 0.2) is 41.2 Å². The zero-order valence-corrected chi connectivity index (χ0v) is 14.4. The van der Waals surface area contributed by atoms with Crippen LogP contribution in [-0.4, -0.2) is 24.9 Å². The molecular formula is C18H20N4O3. The molecule has 0 atom stereocenters. The number of nitrogens with zero attached hydrogens (tertiary/aromatic N) is 4. The number of ether oxygens (including phenoxy) is 1. The monoisotopic (exact) mass is 340 g/mol. The summed E-state index contributed by atoms with van der Waals surface area (Å²) >= 11 is 0. The normalized spacial score (nSPS) is 10.8. The number of aromatic hydroxyl groups is 1. The van der Waals surface area contributed by atoms with Gasteiger partial charge in [0.25, 0.3) is 0 Å². The van der Waals surface area contributed by atoms with E-state index < -0.39 is 0 Å². The Bertz CT molecular complexity index is 959. The quantitative estimate of drug-likeness (QED) is 0.769. The number of aryl methyl sites for hydroxylation is 3. The van der Waals surface area contributed by atoms with E-state index in [4.69, 9.17) is 4.74 Å². The molecule has 3 rings (SSSR count). The average molecular weight is 340 g/mol. The zero-order chi connectivity index (χ0) is 18.0. The lowest BCUT2D eigenvalue weighted by Gasteiger charge is -2.15. The fraction of sp³-hybridized carbons (Fsp3) is 0.278. The van der Waals surface area contributed by atoms with Crippen LogP contribution < -0.4 is 10.4 Å². The first-order valence-corrected chi connectivity index (χ1v) is 8.03. The van der Waals surface area contributed by atoms with Gasteiger partial charge in [0.15, 0.2) is 0 Å². The predicted octanol–water partition coefficient (Wildman–Crippen LogP) is 2.12. The molecule has 0 aliphatic carbocycles. The maximum absolute atomic E-state index is 12.2. The van der Waals surface area contributed by atoms with Crippen molar-refractivity contribution in [3.8, 4) is 17.2 Å². The van der Waals surface area contributed by atoms with Gasteiger partial charge in [-0.2, -0.15) is 9.36 Å². The maximum Gasteiger partial charge on any atom is 0.368 e. The van der Waals surface area contributed by atoms with Crippen LogP contribution in [0.4, 0.5) is 0 Å². The highest BCUT2D eigenvalue weighted by atomic mass is 16.5. The minimum atomic E-state index is -0.310. The molecule has 0 unspecified atom stereocenters. The molecule has 0 aliphatic heterocycles. The number of benzene rings is 2. The van der Waals surface area contributed by atoms with Crippen LogP contribution in [0.25, 0.3) is 5.69 Å². The van der Waals surface area contributed by atoms with Crippen molar-refractivity contribution in [1.82, 2.24) is 19.8 Å². The van der Waals surface area contributed by atoms with Gasteiger partial charge in [-0.15, -0.1) is 0 Å². The van der Waals surface area contributed by atoms with Crippen LogP contribution in [0.2, 0.25) is 0 Å². The minimum Gasteiger partial charge on any atom is -0.508 e. The third-order valence-electron chi connectivity index (χ3n) is 4.11. The summed E-state index contributed by atoms with van der Waals surface area (Å²) < 4.78 is 8.41. The second-order valence-corrected chi connectivity index (χ2v) is 5.80. The van der Waals surface area contributed by atoms with E-state index in [0.717, 1.165) is 23.1 Å². The molecule has 1 N–H and O–H groups in total. The second kappa shape index (κ2) is 6.80. The van der Waals surface area contributed by atoms with Gasteiger partial charge in [0.05, 0.1) is 5.69 Å². The van der Waals surface area contributed by atoms with Crippen LogP contribution in [-0.2, 0) is 20.1 Å². The first kappa shape index (κ1) is 16.8. The van der Waals surface area contributed by atoms with Crippen molar-refractivity contribution >= 4 is 0 Å². The van der Waals surface area contributed by atoms with Gasteiger partial charge in [0, 0.05) is 12.6 Å². The van der Waals surface area contributed by atoms with Crippen molar-refractivity contribution in [2.45, 2.75) is 26.9 Å². The van der Waals surface area contributed by atoms with Crippen LogP contribution >= 0.6 is 0 Å². The molecule has 1 heterocycles. The van der Waals surface area contributed by atoms with E-state index in [2.05, 4.69) is 10.4 Å². The molecule has 7 nitrogen and oxygen atoms in total. The number of phenols is 1. The Morgan fingerprint density at radius 2 is 2.00 bits per heavy atom. The van der Waals surface area contributed by atoms with Gasteiger partial charge in [-0.25, -0.2) is 4.79 Å². The molecule has 0 aliphatic rings. The molecule has 2 aromatic carbocycles. The van der Waals surface area contributed by atoms with Crippen LogP contribution in [0.3, 0.4) is 0 Å². The lowest BCUT2D eigenvalue weighted by molar-refractivity contribution is 0.301. The lowest BCUT2D eigenvalue weighted by atomic mass is 10.0. The fourth-order valence-corrected chi connectivity index (χ4v) is 2.73. The van der Waals surface area contributed by atoms with Crippen LogP contribution in [0.1, 0.15) is 23.6 Å². The standard InChI is InChI=1S/C18H20N4O3/c1-4-13-6-5-7-16(22-18(24)21(3)19-20-22)15(13)11-25-17-9-8-14(23)10-12(17)2/h5-10,23H,4,11H2,1-3H3. The number of tetrazole rings is 1. The molecule has 0 bridgehead atoms. The molecule has 7 heteroatoms. The van der Waals surface area contributed by atoms with Gasteiger partial charge in [-0.05, 0) is 59.2 Å². The maximum atomic E-state index is 12.2. The Balaban J connectivity index is 1.99. The Labute approximate surface area is 145 Å². The molecule has 25 heavy (non-hydrogen) atoms. The lowest BCUT2D eigenvalue weighted by Crippen LogP contribution is -2.23. The molecule has 0 saturated heterocycles. The zero-order valence-electron chi connectivity index (χ0n) is 14.4. The van der Waals surface area contributed by atoms with Crippen molar-refractivity contribution < 1.29 is 9.84 Å². The van der Waals surface area contributed by atoms with E-state index in [1.54, 1.807) is 25.2 Å². The highest BCUT2D eigenvalue weighted by Gasteiger charge is 2.15. The summed E-state index contributed by atoms with van der Waals surface area (Å²) in [7, 11) is 1.56. The van der Waals surface area contributed by atoms with Gasteiger partial charge in [-0.1, -0.05) is 19.1 Å². The van der Waals surface area contributed by atoms with E-state index in [-0.39, 0.29) is 18.0 Å². The largest absolute Gasteiger partial charge is 0.508 e. The third-order valence-corrected chi connectivity index (χ3v) is 4.11. The van der Waals surface area contributed by atoms with Crippen molar-refractivity contribution in [1.29, 1.82) is 0 Å². The minimum absolute atomic E-state index is 0.200. The Hall–Kier alpha value is -3.09. The number of hydrogen-bond donors (Lipinski definition) is 1. The Kier molecular flexibility index (Phi) is 4.56. The van der Waals surface area contributed by atoms with Gasteiger partial charge in [-0.3, -0.25) is 0 Å². The summed E-state index contributed by atoms with van der Waals surface area (Å²) in [5.74, 6) is 0.881. The van der Waals surface area contributed by atoms with Gasteiger partial charge in [0.1, 0.15) is 18.1 Å². The smallest absolute Gasteiger partial charge is 0.368 e. The predicted molar refractivity (Wildman–Crippen MR) is 93.2 cm³/mol. The van der Waals surface area contributed by atoms with E-state index >= 15 is 0 Å². The fourth-order valence-electron chi connectivity index (χ4n) is 2.73. The summed E-state index contributed by atoms with van der Waals surface area (Å²) in [4.78, 5) is 12.2. The number of phenolic OH excluding ortho intramolecular Hbond substituents is 1. The topological polar surface area (TPSA) is 82.2 Å².